The average molecular weight is 189 g/mol. The molecule has 14 heavy (non-hydrogen) atoms. The summed E-state index contributed by atoms with van der Waals surface area (Å²) in [7, 11) is 0. The summed E-state index contributed by atoms with van der Waals surface area (Å²) in [5.41, 5.74) is 1.71. The van der Waals surface area contributed by atoms with Crippen LogP contribution in [0.15, 0.2) is 35.5 Å². The van der Waals surface area contributed by atoms with Crippen LogP contribution in [0.5, 0.6) is 0 Å². The first kappa shape index (κ1) is 8.94. The minimum absolute atomic E-state index is 0.102. The van der Waals surface area contributed by atoms with Crippen molar-refractivity contribution in [1.82, 2.24) is 0 Å². The van der Waals surface area contributed by atoms with E-state index in [1.54, 1.807) is 6.92 Å². The van der Waals surface area contributed by atoms with Crippen LogP contribution in [0.3, 0.4) is 0 Å². The van der Waals surface area contributed by atoms with Gasteiger partial charge in [0.25, 0.3) is 0 Å². The maximum absolute atomic E-state index is 11.3. The third-order valence-electron chi connectivity index (χ3n) is 2.29. The fraction of sp³-hybridized carbons (Fsp3) is 0.273. The zero-order valence-electron chi connectivity index (χ0n) is 7.93. The first-order valence-electron chi connectivity index (χ1n) is 4.55. The van der Waals surface area contributed by atoms with Crippen molar-refractivity contribution >= 4 is 11.5 Å². The summed E-state index contributed by atoms with van der Waals surface area (Å²) in [6.07, 6.45) is 0. The lowest BCUT2D eigenvalue weighted by Gasteiger charge is -2.05. The second kappa shape index (κ2) is 3.62. The molecular formula is C11H11NO2. The van der Waals surface area contributed by atoms with E-state index in [4.69, 9.17) is 4.84 Å². The molecule has 1 atom stereocenters. The highest BCUT2D eigenvalue weighted by Crippen LogP contribution is 2.17. The van der Waals surface area contributed by atoms with Gasteiger partial charge >= 0.3 is 0 Å². The number of nitrogens with zero attached hydrogens (tertiary/aromatic N) is 1. The topological polar surface area (TPSA) is 38.7 Å². The molecule has 0 bridgehead atoms. The van der Waals surface area contributed by atoms with Crippen LogP contribution >= 0.6 is 0 Å². The second-order valence-corrected chi connectivity index (χ2v) is 3.30. The molecule has 1 heterocycles. The van der Waals surface area contributed by atoms with Crippen LogP contribution < -0.4 is 0 Å². The Bertz CT molecular complexity index is 370. The number of benzene rings is 1. The van der Waals surface area contributed by atoms with Crippen LogP contribution in [0.2, 0.25) is 0 Å². The molecule has 0 radical (unpaired) electrons. The van der Waals surface area contributed by atoms with Crippen molar-refractivity contribution in [3.05, 3.63) is 35.9 Å². The highest BCUT2D eigenvalue weighted by Gasteiger charge is 2.28. The first-order valence-corrected chi connectivity index (χ1v) is 4.55. The fourth-order valence-electron chi connectivity index (χ4n) is 1.50. The molecular weight excluding hydrogens is 178 g/mol. The number of carbonyl (C=O) groups excluding carboxylic acids is 1. The molecule has 0 spiro atoms. The van der Waals surface area contributed by atoms with Crippen LogP contribution in [0, 0.1) is 5.92 Å². The Morgan fingerprint density at radius 3 is 2.79 bits per heavy atom. The molecule has 0 amide bonds. The van der Waals surface area contributed by atoms with Gasteiger partial charge in [0.05, 0.1) is 0 Å². The molecule has 0 saturated heterocycles. The number of oxime groups is 1. The van der Waals surface area contributed by atoms with Crippen molar-refractivity contribution in [2.24, 2.45) is 11.1 Å². The monoisotopic (exact) mass is 189 g/mol. The normalized spacial score (nSPS) is 20.1. The lowest BCUT2D eigenvalue weighted by Crippen LogP contribution is -2.21. The van der Waals surface area contributed by atoms with Crippen LogP contribution in [0.1, 0.15) is 12.5 Å². The van der Waals surface area contributed by atoms with Crippen molar-refractivity contribution in [3.63, 3.8) is 0 Å². The van der Waals surface area contributed by atoms with Gasteiger partial charge in [-0.2, -0.15) is 0 Å². The van der Waals surface area contributed by atoms with Crippen molar-refractivity contribution in [2.75, 3.05) is 6.61 Å². The van der Waals surface area contributed by atoms with Gasteiger partial charge in [0.1, 0.15) is 24.0 Å². The minimum Gasteiger partial charge on any atom is -0.394 e. The van der Waals surface area contributed by atoms with E-state index in [-0.39, 0.29) is 11.7 Å². The molecule has 0 fully saturated rings. The zero-order valence-corrected chi connectivity index (χ0v) is 7.93. The Kier molecular flexibility index (Phi) is 2.31. The second-order valence-electron chi connectivity index (χ2n) is 3.30. The maximum Gasteiger partial charge on any atom is 0.142 e. The lowest BCUT2D eigenvalue weighted by atomic mass is 9.95. The van der Waals surface area contributed by atoms with Gasteiger partial charge in [-0.15, -0.1) is 0 Å². The van der Waals surface area contributed by atoms with Crippen LogP contribution in [0.25, 0.3) is 0 Å². The molecule has 1 unspecified atom stereocenters. The van der Waals surface area contributed by atoms with Crippen LogP contribution in [-0.4, -0.2) is 18.1 Å². The van der Waals surface area contributed by atoms with Crippen molar-refractivity contribution < 1.29 is 9.63 Å². The van der Waals surface area contributed by atoms with E-state index in [9.17, 15) is 4.79 Å². The first-order chi connectivity index (χ1) is 6.79. The Morgan fingerprint density at radius 1 is 1.43 bits per heavy atom. The van der Waals surface area contributed by atoms with E-state index >= 15 is 0 Å². The van der Waals surface area contributed by atoms with Gasteiger partial charge < -0.3 is 4.84 Å². The maximum atomic E-state index is 11.3. The van der Waals surface area contributed by atoms with Gasteiger partial charge in [-0.3, -0.25) is 4.79 Å². The Morgan fingerprint density at radius 2 is 2.14 bits per heavy atom. The van der Waals surface area contributed by atoms with Crippen molar-refractivity contribution in [1.29, 1.82) is 0 Å². The molecule has 1 aromatic carbocycles. The summed E-state index contributed by atoms with van der Waals surface area (Å²) < 4.78 is 0. The van der Waals surface area contributed by atoms with E-state index in [1.807, 2.05) is 30.3 Å². The number of Topliss-reactive ketones (excluding diaryl/α,β-unsaturated/α-hetero) is 1. The van der Waals surface area contributed by atoms with Crippen LogP contribution in [-0.2, 0) is 9.63 Å². The molecule has 1 aliphatic rings. The summed E-state index contributed by atoms with van der Waals surface area (Å²) in [4.78, 5) is 16.2. The van der Waals surface area contributed by atoms with Crippen LogP contribution in [0.4, 0.5) is 0 Å². The van der Waals surface area contributed by atoms with Gasteiger partial charge in [-0.25, -0.2) is 0 Å². The molecule has 0 N–H and O–H groups in total. The number of rotatable bonds is 2. The minimum atomic E-state index is -0.197. The van der Waals surface area contributed by atoms with Gasteiger partial charge in [-0.05, 0) is 6.92 Å². The zero-order chi connectivity index (χ0) is 9.97. The van der Waals surface area contributed by atoms with E-state index in [0.717, 1.165) is 11.3 Å². The predicted octanol–water partition coefficient (Wildman–Crippen LogP) is 1.63. The summed E-state index contributed by atoms with van der Waals surface area (Å²) >= 11 is 0. The van der Waals surface area contributed by atoms with Crippen molar-refractivity contribution in [3.8, 4) is 0 Å². The summed E-state index contributed by atoms with van der Waals surface area (Å²) in [5, 5.41) is 3.90. The number of hydrogen-bond acceptors (Lipinski definition) is 3. The van der Waals surface area contributed by atoms with Gasteiger partial charge in [0.15, 0.2) is 0 Å². The van der Waals surface area contributed by atoms with E-state index in [0.29, 0.717) is 6.61 Å². The highest BCUT2D eigenvalue weighted by atomic mass is 16.6. The summed E-state index contributed by atoms with van der Waals surface area (Å²) in [6, 6.07) is 9.65. The molecule has 3 heteroatoms. The molecule has 0 saturated carbocycles. The lowest BCUT2D eigenvalue weighted by molar-refractivity contribution is -0.119. The fourth-order valence-corrected chi connectivity index (χ4v) is 1.50. The van der Waals surface area contributed by atoms with Crippen molar-refractivity contribution in [2.45, 2.75) is 6.92 Å². The Balaban J connectivity index is 2.31. The third-order valence-corrected chi connectivity index (χ3v) is 2.29. The summed E-state index contributed by atoms with van der Waals surface area (Å²) in [6.45, 7) is 1.94. The number of carbonyl (C=O) groups is 1. The number of hydrogen-bond donors (Lipinski definition) is 0. The molecule has 0 aromatic heterocycles. The largest absolute Gasteiger partial charge is 0.394 e. The molecule has 2 rings (SSSR count). The molecule has 0 aliphatic carbocycles. The Hall–Kier alpha value is -1.64. The molecule has 3 nitrogen and oxygen atoms in total. The smallest absolute Gasteiger partial charge is 0.142 e. The third kappa shape index (κ3) is 1.53. The highest BCUT2D eigenvalue weighted by molar-refractivity contribution is 6.13. The van der Waals surface area contributed by atoms with E-state index < -0.39 is 0 Å². The van der Waals surface area contributed by atoms with E-state index in [2.05, 4.69) is 5.16 Å². The predicted molar refractivity (Wildman–Crippen MR) is 53.1 cm³/mol. The number of ketones is 1. The van der Waals surface area contributed by atoms with Gasteiger partial charge in [0, 0.05) is 5.56 Å². The quantitative estimate of drug-likeness (QED) is 0.709. The molecule has 72 valence electrons. The van der Waals surface area contributed by atoms with Gasteiger partial charge in [-0.1, -0.05) is 35.5 Å². The average Bonchev–Trinajstić information content (AvgIpc) is 2.67. The van der Waals surface area contributed by atoms with Gasteiger partial charge in [0.2, 0.25) is 0 Å². The van der Waals surface area contributed by atoms with E-state index in [1.165, 1.54) is 0 Å². The standard InChI is InChI=1S/C11H11NO2/c1-8(13)10-7-14-12-11(10)9-5-3-2-4-6-9/h2-6,10H,7H2,1H3. The Labute approximate surface area is 82.4 Å². The molecule has 1 aromatic rings. The SMILES string of the molecule is CC(=O)C1CON=C1c1ccccc1. The molecule has 1 aliphatic heterocycles. The summed E-state index contributed by atoms with van der Waals surface area (Å²) in [5.74, 6) is -0.0949.